The summed E-state index contributed by atoms with van der Waals surface area (Å²) in [6.45, 7) is 0.995. The van der Waals surface area contributed by atoms with E-state index in [4.69, 9.17) is 10.5 Å². The molecule has 0 bridgehead atoms. The van der Waals surface area contributed by atoms with Gasteiger partial charge < -0.3 is 20.3 Å². The van der Waals surface area contributed by atoms with Crippen LogP contribution in [0.15, 0.2) is 36.4 Å². The molecule has 2 saturated heterocycles. The van der Waals surface area contributed by atoms with Crippen molar-refractivity contribution < 1.29 is 23.9 Å². The van der Waals surface area contributed by atoms with Gasteiger partial charge in [0.25, 0.3) is 11.8 Å². The number of hydrogen-bond donors (Lipinski definition) is 2. The largest absolute Gasteiger partial charge is 0.495 e. The van der Waals surface area contributed by atoms with Gasteiger partial charge in [0.05, 0.1) is 12.8 Å². The highest BCUT2D eigenvalue weighted by atomic mass is 16.5. The topological polar surface area (TPSA) is 122 Å². The smallest absolute Gasteiger partial charge is 0.255 e. The molecule has 0 aliphatic carbocycles. The van der Waals surface area contributed by atoms with Crippen molar-refractivity contribution in [3.63, 3.8) is 0 Å². The van der Waals surface area contributed by atoms with Crippen LogP contribution in [0.5, 0.6) is 5.75 Å². The van der Waals surface area contributed by atoms with E-state index in [9.17, 15) is 19.2 Å². The first-order chi connectivity index (χ1) is 18.9. The fraction of sp³-hybridized carbons (Fsp3) is 0.400. The number of amides is 4. The van der Waals surface area contributed by atoms with E-state index in [0.29, 0.717) is 48.5 Å². The van der Waals surface area contributed by atoms with Gasteiger partial charge in [0.2, 0.25) is 11.8 Å². The van der Waals surface area contributed by atoms with Crippen molar-refractivity contribution in [2.75, 3.05) is 19.4 Å². The van der Waals surface area contributed by atoms with E-state index in [2.05, 4.69) is 17.2 Å². The maximum Gasteiger partial charge on any atom is 0.255 e. The van der Waals surface area contributed by atoms with Gasteiger partial charge in [-0.1, -0.05) is 17.9 Å². The highest BCUT2D eigenvalue weighted by molar-refractivity contribution is 6.05. The molecule has 0 spiro atoms. The number of benzene rings is 2. The third kappa shape index (κ3) is 5.32. The second-order valence-electron chi connectivity index (χ2n) is 10.2. The van der Waals surface area contributed by atoms with Crippen molar-refractivity contribution in [3.8, 4) is 17.6 Å². The third-order valence-electron chi connectivity index (χ3n) is 7.78. The minimum atomic E-state index is -0.653. The summed E-state index contributed by atoms with van der Waals surface area (Å²) in [6, 6.07) is 10.0. The van der Waals surface area contributed by atoms with Gasteiger partial charge in [-0.05, 0) is 68.0 Å². The molecule has 2 aromatic rings. The molecule has 5 rings (SSSR count). The minimum Gasteiger partial charge on any atom is -0.495 e. The monoisotopic (exact) mass is 528 g/mol. The Bertz CT molecular complexity index is 1390. The van der Waals surface area contributed by atoms with Crippen molar-refractivity contribution in [1.29, 1.82) is 0 Å². The van der Waals surface area contributed by atoms with Crippen molar-refractivity contribution in [2.24, 2.45) is 0 Å². The normalized spacial score (nSPS) is 20.7. The van der Waals surface area contributed by atoms with Gasteiger partial charge in [-0.3, -0.25) is 24.5 Å². The summed E-state index contributed by atoms with van der Waals surface area (Å²) in [4.78, 5) is 53.7. The van der Waals surface area contributed by atoms with Gasteiger partial charge in [-0.2, -0.15) is 0 Å². The molecule has 202 valence electrons. The number of nitrogens with two attached hydrogens (primary N) is 1. The van der Waals surface area contributed by atoms with Crippen LogP contribution in [0.1, 0.15) is 76.8 Å². The number of fused-ring (bicyclic) bond motifs is 1. The Labute approximate surface area is 227 Å². The molecular formula is C30H32N4O5. The lowest BCUT2D eigenvalue weighted by Gasteiger charge is -2.35. The van der Waals surface area contributed by atoms with Crippen LogP contribution >= 0.6 is 0 Å². The van der Waals surface area contributed by atoms with Crippen LogP contribution in [0.25, 0.3) is 0 Å². The van der Waals surface area contributed by atoms with Crippen molar-refractivity contribution in [1.82, 2.24) is 15.1 Å². The maximum atomic E-state index is 13.3. The van der Waals surface area contributed by atoms with E-state index in [-0.39, 0.29) is 30.2 Å². The van der Waals surface area contributed by atoms with E-state index in [1.54, 1.807) is 30.3 Å². The molecule has 0 aromatic heterocycles. The van der Waals surface area contributed by atoms with E-state index in [0.717, 1.165) is 36.8 Å². The Balaban J connectivity index is 1.25. The molecule has 9 heteroatoms. The summed E-state index contributed by atoms with van der Waals surface area (Å²) in [5.41, 5.74) is 9.10. The number of nitrogen functional groups attached to an aromatic ring is 1. The average Bonchev–Trinajstić information content (AvgIpc) is 3.28. The highest BCUT2D eigenvalue weighted by Gasteiger charge is 2.39. The lowest BCUT2D eigenvalue weighted by atomic mass is 9.96. The van der Waals surface area contributed by atoms with Gasteiger partial charge in [0.1, 0.15) is 11.8 Å². The lowest BCUT2D eigenvalue weighted by Crippen LogP contribution is -2.52. The first-order valence-electron chi connectivity index (χ1n) is 13.4. The predicted molar refractivity (Wildman–Crippen MR) is 145 cm³/mol. The number of methoxy groups -OCH3 is 1. The molecule has 2 aromatic carbocycles. The van der Waals surface area contributed by atoms with Crippen LogP contribution in [0.3, 0.4) is 0 Å². The summed E-state index contributed by atoms with van der Waals surface area (Å²) in [6.07, 6.45) is 4.86. The Kier molecular flexibility index (Phi) is 7.55. The number of carbonyl (C=O) groups is 4. The Morgan fingerprint density at radius 1 is 1.15 bits per heavy atom. The van der Waals surface area contributed by atoms with Gasteiger partial charge in [0.15, 0.2) is 0 Å². The number of imide groups is 1. The van der Waals surface area contributed by atoms with Crippen LogP contribution in [-0.2, 0) is 16.1 Å². The molecule has 2 fully saturated rings. The minimum absolute atomic E-state index is 0.0288. The number of rotatable bonds is 5. The van der Waals surface area contributed by atoms with E-state index in [1.807, 2.05) is 11.0 Å². The summed E-state index contributed by atoms with van der Waals surface area (Å²) in [7, 11) is 1.53. The van der Waals surface area contributed by atoms with Crippen molar-refractivity contribution in [3.05, 3.63) is 58.7 Å². The Hall–Kier alpha value is -4.32. The highest BCUT2D eigenvalue weighted by Crippen LogP contribution is 2.30. The molecule has 0 saturated carbocycles. The molecule has 9 nitrogen and oxygen atoms in total. The molecule has 3 N–H and O–H groups in total. The number of anilines is 1. The zero-order chi connectivity index (χ0) is 27.5. The van der Waals surface area contributed by atoms with Gasteiger partial charge in [-0.25, -0.2) is 0 Å². The summed E-state index contributed by atoms with van der Waals surface area (Å²) >= 11 is 0. The first kappa shape index (κ1) is 26.3. The predicted octanol–water partition coefficient (Wildman–Crippen LogP) is 2.87. The molecule has 2 atom stereocenters. The van der Waals surface area contributed by atoms with Crippen LogP contribution in [0.2, 0.25) is 0 Å². The fourth-order valence-electron chi connectivity index (χ4n) is 5.68. The van der Waals surface area contributed by atoms with Gasteiger partial charge in [0, 0.05) is 48.7 Å². The molecule has 3 heterocycles. The SMILES string of the molecule is COc1cc(C(=O)N2CCCC[C@H]2CCC#Cc2cccc3c2CN(C2CCC(=O)NC2=O)C3=O)ccc1N. The summed E-state index contributed by atoms with van der Waals surface area (Å²) in [5, 5.41) is 2.33. The first-order valence-corrected chi connectivity index (χ1v) is 13.4. The van der Waals surface area contributed by atoms with Gasteiger partial charge >= 0.3 is 0 Å². The zero-order valence-corrected chi connectivity index (χ0v) is 22.0. The number of carbonyl (C=O) groups excluding carboxylic acids is 4. The lowest BCUT2D eigenvalue weighted by molar-refractivity contribution is -0.136. The number of likely N-dealkylation sites (tertiary alicyclic amines) is 1. The molecule has 1 unspecified atom stereocenters. The fourth-order valence-corrected chi connectivity index (χ4v) is 5.68. The van der Waals surface area contributed by atoms with Crippen molar-refractivity contribution in [2.45, 2.75) is 63.6 Å². The number of nitrogens with zero attached hydrogens (tertiary/aromatic N) is 2. The van der Waals surface area contributed by atoms with Crippen LogP contribution in [0.4, 0.5) is 5.69 Å². The maximum absolute atomic E-state index is 13.3. The van der Waals surface area contributed by atoms with Gasteiger partial charge in [-0.15, -0.1) is 0 Å². The zero-order valence-electron chi connectivity index (χ0n) is 22.0. The average molecular weight is 529 g/mol. The second-order valence-corrected chi connectivity index (χ2v) is 10.2. The molecular weight excluding hydrogens is 496 g/mol. The Morgan fingerprint density at radius 3 is 2.79 bits per heavy atom. The van der Waals surface area contributed by atoms with Crippen LogP contribution in [0, 0.1) is 11.8 Å². The number of hydrogen-bond acceptors (Lipinski definition) is 6. The number of ether oxygens (including phenoxy) is 1. The molecule has 4 amide bonds. The quantitative estimate of drug-likeness (QED) is 0.350. The van der Waals surface area contributed by atoms with E-state index >= 15 is 0 Å². The molecule has 3 aliphatic heterocycles. The Morgan fingerprint density at radius 2 is 2.00 bits per heavy atom. The van der Waals surface area contributed by atoms with Crippen LogP contribution in [-0.4, -0.2) is 59.2 Å². The standard InChI is InChI=1S/C30H32N4O5/c1-39-26-17-20(12-13-24(26)31)29(37)33-16-5-4-10-21(33)9-3-2-7-19-8-6-11-22-23(19)18-34(30(22)38)25-14-15-27(35)32-28(25)36/h6,8,11-13,17,21,25H,3-5,9-10,14-16,18,31H2,1H3,(H,32,35,36)/t21-,25?/m1/s1. The second kappa shape index (κ2) is 11.2. The molecule has 0 radical (unpaired) electrons. The number of nitrogens with one attached hydrogen (secondary N) is 1. The van der Waals surface area contributed by atoms with Crippen molar-refractivity contribution >= 4 is 29.3 Å². The number of piperidine rings is 2. The molecule has 39 heavy (non-hydrogen) atoms. The third-order valence-corrected chi connectivity index (χ3v) is 7.78. The summed E-state index contributed by atoms with van der Waals surface area (Å²) in [5.74, 6) is 5.99. The van der Waals surface area contributed by atoms with E-state index < -0.39 is 11.9 Å². The molecule has 3 aliphatic rings. The van der Waals surface area contributed by atoms with E-state index in [1.165, 1.54) is 12.0 Å². The summed E-state index contributed by atoms with van der Waals surface area (Å²) < 4.78 is 5.29. The van der Waals surface area contributed by atoms with Crippen LogP contribution < -0.4 is 15.8 Å².